The van der Waals surface area contributed by atoms with Crippen LogP contribution in [0.3, 0.4) is 0 Å². The fourth-order valence-corrected chi connectivity index (χ4v) is 7.94. The Bertz CT molecular complexity index is 1810. The van der Waals surface area contributed by atoms with Crippen LogP contribution in [0, 0.1) is 23.3 Å². The maximum absolute atomic E-state index is 15.5. The summed E-state index contributed by atoms with van der Waals surface area (Å²) in [6, 6.07) is 32.9. The molecule has 0 spiro atoms. The van der Waals surface area contributed by atoms with Gasteiger partial charge in [-0.1, -0.05) is 116 Å². The van der Waals surface area contributed by atoms with Crippen molar-refractivity contribution in [1.29, 1.82) is 0 Å². The van der Waals surface area contributed by atoms with E-state index in [9.17, 15) is 4.79 Å². The summed E-state index contributed by atoms with van der Waals surface area (Å²) < 4.78 is 33.1. The van der Waals surface area contributed by atoms with E-state index in [0.717, 1.165) is 27.8 Å². The van der Waals surface area contributed by atoms with Crippen LogP contribution < -0.4 is 5.32 Å². The predicted molar refractivity (Wildman–Crippen MR) is 178 cm³/mol. The number of thioether (sulfide) groups is 1. The molecular weight excluding hydrogens is 599 g/mol. The number of benzene rings is 4. The molecule has 1 amide bonds. The van der Waals surface area contributed by atoms with Crippen molar-refractivity contribution in [2.45, 2.75) is 37.5 Å². The Kier molecular flexibility index (Phi) is 8.29. The molecule has 4 aromatic carbocycles. The van der Waals surface area contributed by atoms with Crippen LogP contribution in [0.25, 0.3) is 11.1 Å². The van der Waals surface area contributed by atoms with E-state index < -0.39 is 23.2 Å². The number of alkyl carbamates (subject to hydrolysis) is 1. The van der Waals surface area contributed by atoms with Crippen LogP contribution in [0.5, 0.6) is 0 Å². The number of hydrogen-bond acceptors (Lipinski definition) is 6. The highest BCUT2D eigenvalue weighted by Gasteiger charge is 2.57. The lowest BCUT2D eigenvalue weighted by atomic mass is 9.64. The van der Waals surface area contributed by atoms with Crippen LogP contribution >= 0.6 is 11.8 Å². The second-order valence-corrected chi connectivity index (χ2v) is 13.0. The first-order chi connectivity index (χ1) is 22.5. The summed E-state index contributed by atoms with van der Waals surface area (Å²) in [6.45, 7) is 2.74. The molecule has 0 radical (unpaired) electrons. The summed E-state index contributed by atoms with van der Waals surface area (Å²) in [6.07, 6.45) is 2.30. The zero-order valence-electron chi connectivity index (χ0n) is 25.4. The van der Waals surface area contributed by atoms with Crippen LogP contribution in [-0.4, -0.2) is 36.3 Å². The number of ether oxygens (including phenoxy) is 3. The van der Waals surface area contributed by atoms with Gasteiger partial charge in [0.2, 0.25) is 0 Å². The van der Waals surface area contributed by atoms with E-state index in [-0.39, 0.29) is 24.9 Å². The molecule has 6 nitrogen and oxygen atoms in total. The second kappa shape index (κ2) is 12.7. The third-order valence-corrected chi connectivity index (χ3v) is 10.4. The zero-order chi connectivity index (χ0) is 31.6. The van der Waals surface area contributed by atoms with E-state index in [1.807, 2.05) is 54.6 Å². The second-order valence-electron chi connectivity index (χ2n) is 12.1. The molecule has 2 heterocycles. The number of amides is 1. The van der Waals surface area contributed by atoms with Crippen molar-refractivity contribution in [3.8, 4) is 23.2 Å². The topological polar surface area (TPSA) is 69.2 Å². The molecule has 3 atom stereocenters. The lowest BCUT2D eigenvalue weighted by molar-refractivity contribution is -0.0725. The number of carbonyl (C=O) groups is 1. The Labute approximate surface area is 272 Å². The summed E-state index contributed by atoms with van der Waals surface area (Å²) >= 11 is 1.42. The molecule has 0 bridgehead atoms. The van der Waals surface area contributed by atoms with E-state index in [0.29, 0.717) is 29.5 Å². The van der Waals surface area contributed by atoms with Gasteiger partial charge in [-0.3, -0.25) is 5.32 Å². The van der Waals surface area contributed by atoms with Gasteiger partial charge in [0, 0.05) is 22.6 Å². The van der Waals surface area contributed by atoms with Gasteiger partial charge in [-0.15, -0.1) is 0 Å². The average molecular weight is 633 g/mol. The van der Waals surface area contributed by atoms with Gasteiger partial charge in [0.15, 0.2) is 5.17 Å². The van der Waals surface area contributed by atoms with Crippen LogP contribution in [0.2, 0.25) is 0 Å². The molecule has 1 N–H and O–H groups in total. The molecule has 1 unspecified atom stereocenters. The zero-order valence-corrected chi connectivity index (χ0v) is 26.2. The Morgan fingerprint density at radius 1 is 0.978 bits per heavy atom. The minimum absolute atomic E-state index is 0.0615. The average Bonchev–Trinajstić information content (AvgIpc) is 3.40. The van der Waals surface area contributed by atoms with E-state index in [4.69, 9.17) is 19.2 Å². The summed E-state index contributed by atoms with van der Waals surface area (Å²) in [5.41, 5.74) is 4.46. The van der Waals surface area contributed by atoms with Gasteiger partial charge in [0.05, 0.1) is 6.61 Å². The summed E-state index contributed by atoms with van der Waals surface area (Å²) in [5.74, 6) is 3.23. The van der Waals surface area contributed by atoms with Crippen LogP contribution in [0.1, 0.15) is 41.5 Å². The van der Waals surface area contributed by atoms with Crippen LogP contribution in [-0.2, 0) is 26.4 Å². The minimum atomic E-state index is -1.07. The highest BCUT2D eigenvalue weighted by atomic mass is 32.2. The first-order valence-corrected chi connectivity index (χ1v) is 16.3. The molecule has 7 rings (SSSR count). The Balaban J connectivity index is 1.08. The number of fused-ring (bicyclic) bond motifs is 4. The lowest BCUT2D eigenvalue weighted by Crippen LogP contribution is -2.57. The number of halogens is 1. The number of hydrogen-bond donors (Lipinski definition) is 1. The smallest absolute Gasteiger partial charge is 0.413 e. The Morgan fingerprint density at radius 3 is 2.39 bits per heavy atom. The predicted octanol–water partition coefficient (Wildman–Crippen LogP) is 7.64. The Morgan fingerprint density at radius 2 is 1.65 bits per heavy atom. The third kappa shape index (κ3) is 5.66. The van der Waals surface area contributed by atoms with Crippen molar-refractivity contribution in [1.82, 2.24) is 5.32 Å². The quantitative estimate of drug-likeness (QED) is 0.229. The van der Waals surface area contributed by atoms with Crippen molar-refractivity contribution in [2.75, 3.05) is 19.0 Å². The molecule has 2 aliphatic heterocycles. The number of carbonyl (C=O) groups excluding carboxylic acids is 1. The molecule has 46 heavy (non-hydrogen) atoms. The first kappa shape index (κ1) is 30.1. The lowest BCUT2D eigenvalue weighted by Gasteiger charge is -2.52. The van der Waals surface area contributed by atoms with Crippen LogP contribution in [0.4, 0.5) is 9.18 Å². The van der Waals surface area contributed by atoms with Crippen LogP contribution in [0.15, 0.2) is 108 Å². The highest BCUT2D eigenvalue weighted by Crippen LogP contribution is 2.55. The minimum Gasteiger partial charge on any atom is -0.448 e. The number of nitrogens with zero attached hydrogens (tertiary/aromatic N) is 1. The van der Waals surface area contributed by atoms with Crippen molar-refractivity contribution in [3.63, 3.8) is 0 Å². The summed E-state index contributed by atoms with van der Waals surface area (Å²) in [5, 5.41) is 3.22. The van der Waals surface area contributed by atoms with Gasteiger partial charge < -0.3 is 14.2 Å². The van der Waals surface area contributed by atoms with E-state index in [2.05, 4.69) is 48.5 Å². The third-order valence-electron chi connectivity index (χ3n) is 9.19. The highest BCUT2D eigenvalue weighted by molar-refractivity contribution is 8.13. The number of amidine groups is 1. The van der Waals surface area contributed by atoms with Gasteiger partial charge in [-0.2, -0.15) is 0 Å². The molecule has 8 heteroatoms. The van der Waals surface area contributed by atoms with Crippen molar-refractivity contribution < 1.29 is 23.4 Å². The Hall–Kier alpha value is -4.58. The SMILES string of the molecule is C[C@]12CSC(NC(=O)OCC3c4ccccc4-c4ccccc43)=N[C@@]1(c1ccccc1F)COC(C#COCc1ccccc1)C2. The van der Waals surface area contributed by atoms with Gasteiger partial charge in [0.1, 0.15) is 36.8 Å². The van der Waals surface area contributed by atoms with E-state index in [1.165, 1.54) is 17.8 Å². The largest absolute Gasteiger partial charge is 0.448 e. The van der Waals surface area contributed by atoms with E-state index in [1.54, 1.807) is 18.2 Å². The summed E-state index contributed by atoms with van der Waals surface area (Å²) in [7, 11) is 0. The van der Waals surface area contributed by atoms with Crippen molar-refractivity contribution >= 4 is 23.0 Å². The number of aliphatic imine (C=N–C) groups is 1. The number of rotatable bonds is 5. The fraction of sp³-hybridized carbons (Fsp3) is 0.263. The van der Waals surface area contributed by atoms with Crippen molar-refractivity contribution in [2.24, 2.45) is 10.4 Å². The molecule has 3 aliphatic rings. The normalized spacial score (nSPS) is 23.1. The first-order valence-electron chi connectivity index (χ1n) is 15.3. The van der Waals surface area contributed by atoms with Gasteiger partial charge in [-0.25, -0.2) is 14.2 Å². The van der Waals surface area contributed by atoms with Gasteiger partial charge >= 0.3 is 6.09 Å². The molecule has 232 valence electrons. The van der Waals surface area contributed by atoms with E-state index >= 15 is 4.39 Å². The molecule has 0 aromatic heterocycles. The molecule has 1 fully saturated rings. The molecule has 4 aromatic rings. The van der Waals surface area contributed by atoms with Gasteiger partial charge in [0.25, 0.3) is 0 Å². The maximum atomic E-state index is 15.5. The monoisotopic (exact) mass is 632 g/mol. The molecule has 1 aliphatic carbocycles. The summed E-state index contributed by atoms with van der Waals surface area (Å²) in [4.78, 5) is 18.2. The molecular formula is C38H33FN2O4S. The number of nitrogens with one attached hydrogen (secondary N) is 1. The molecule has 0 saturated carbocycles. The standard InChI is InChI=1S/C38H33FN2O4S/c1-37-21-27(19-20-43-22-26-11-3-2-4-12-26)45-24-38(37,33-17-9-10-18-34(33)39)41-35(46-25-37)40-36(42)44-23-32-30-15-7-5-13-28(30)29-14-6-8-16-31(29)32/h2-18,27,32H,21-25H2,1H3,(H,40,41,42)/t27?,37-,38+/m0/s1. The fourth-order valence-electron chi connectivity index (χ4n) is 6.75. The van der Waals surface area contributed by atoms with Gasteiger partial charge in [-0.05, 0) is 46.2 Å². The molecule has 1 saturated heterocycles. The maximum Gasteiger partial charge on any atom is 0.413 e. The van der Waals surface area contributed by atoms with Crippen molar-refractivity contribution in [3.05, 3.63) is 131 Å².